The lowest BCUT2D eigenvalue weighted by atomic mass is 10.0. The highest BCUT2D eigenvalue weighted by atomic mass is 35.5. The molecular weight excluding hydrogens is 286 g/mol. The smallest absolute Gasteiger partial charge is 0.168 e. The van der Waals surface area contributed by atoms with E-state index in [4.69, 9.17) is 16.3 Å². The maximum atomic E-state index is 12.4. The van der Waals surface area contributed by atoms with E-state index in [0.29, 0.717) is 10.6 Å². The molecule has 0 aliphatic rings. The second kappa shape index (κ2) is 6.27. The summed E-state index contributed by atoms with van der Waals surface area (Å²) in [6.07, 6.45) is 1.97. The maximum absolute atomic E-state index is 12.4. The van der Waals surface area contributed by atoms with Crippen molar-refractivity contribution in [2.45, 2.75) is 27.2 Å². The number of hydrogen-bond donors (Lipinski definition) is 0. The molecule has 0 saturated carbocycles. The first-order chi connectivity index (χ1) is 9.92. The standard InChI is InChI=1S/C17H18ClNO2/c1-10-5-13(7-14(18)6-10)16(20)8-15-12(3)17(21-4)11(2)9-19-15/h5-7,9H,8H2,1-4H3. The normalized spacial score (nSPS) is 10.5. The first kappa shape index (κ1) is 15.5. The van der Waals surface area contributed by atoms with Crippen molar-refractivity contribution in [1.29, 1.82) is 0 Å². The Morgan fingerprint density at radius 1 is 1.24 bits per heavy atom. The van der Waals surface area contributed by atoms with Gasteiger partial charge in [-0.15, -0.1) is 0 Å². The van der Waals surface area contributed by atoms with Crippen LogP contribution in [-0.4, -0.2) is 17.9 Å². The quantitative estimate of drug-likeness (QED) is 0.798. The summed E-state index contributed by atoms with van der Waals surface area (Å²) in [7, 11) is 1.63. The first-order valence-corrected chi connectivity index (χ1v) is 7.09. The Bertz CT molecular complexity index is 675. The molecule has 2 rings (SSSR count). The van der Waals surface area contributed by atoms with Crippen LogP contribution in [0.2, 0.25) is 5.02 Å². The molecule has 0 aliphatic heterocycles. The van der Waals surface area contributed by atoms with Crippen molar-refractivity contribution < 1.29 is 9.53 Å². The Kier molecular flexibility index (Phi) is 4.63. The summed E-state index contributed by atoms with van der Waals surface area (Å²) in [6.45, 7) is 5.77. The van der Waals surface area contributed by atoms with Gasteiger partial charge in [0.1, 0.15) is 5.75 Å². The molecule has 1 heterocycles. The van der Waals surface area contributed by atoms with Crippen molar-refractivity contribution >= 4 is 17.4 Å². The summed E-state index contributed by atoms with van der Waals surface area (Å²) >= 11 is 6.01. The minimum absolute atomic E-state index is 0.00195. The Labute approximate surface area is 129 Å². The van der Waals surface area contributed by atoms with Crippen LogP contribution in [0.3, 0.4) is 0 Å². The minimum atomic E-state index is 0.00195. The van der Waals surface area contributed by atoms with Crippen LogP contribution < -0.4 is 4.74 Å². The zero-order valence-electron chi connectivity index (χ0n) is 12.7. The summed E-state index contributed by atoms with van der Waals surface area (Å²) in [5.74, 6) is 0.789. The molecule has 2 aromatic rings. The van der Waals surface area contributed by atoms with Crippen LogP contribution in [0.1, 0.15) is 32.7 Å². The summed E-state index contributed by atoms with van der Waals surface area (Å²) in [5, 5.41) is 0.574. The largest absolute Gasteiger partial charge is 0.496 e. The molecule has 110 valence electrons. The number of Topliss-reactive ketones (excluding diaryl/α,β-unsaturated/α-hetero) is 1. The summed E-state index contributed by atoms with van der Waals surface area (Å²) in [4.78, 5) is 16.8. The molecule has 0 fully saturated rings. The summed E-state index contributed by atoms with van der Waals surface area (Å²) in [5.41, 5.74) is 4.19. The molecule has 3 nitrogen and oxygen atoms in total. The second-order valence-corrected chi connectivity index (χ2v) is 5.60. The Morgan fingerprint density at radius 3 is 2.57 bits per heavy atom. The third-order valence-electron chi connectivity index (χ3n) is 3.44. The minimum Gasteiger partial charge on any atom is -0.496 e. The van der Waals surface area contributed by atoms with Crippen molar-refractivity contribution in [2.24, 2.45) is 0 Å². The Balaban J connectivity index is 2.32. The molecule has 1 aromatic heterocycles. The van der Waals surface area contributed by atoms with Gasteiger partial charge in [0.2, 0.25) is 0 Å². The van der Waals surface area contributed by atoms with E-state index < -0.39 is 0 Å². The highest BCUT2D eigenvalue weighted by Gasteiger charge is 2.14. The second-order valence-electron chi connectivity index (χ2n) is 5.16. The molecule has 1 aromatic carbocycles. The fraction of sp³-hybridized carbons (Fsp3) is 0.294. The van der Waals surface area contributed by atoms with Gasteiger partial charge in [-0.25, -0.2) is 0 Å². The van der Waals surface area contributed by atoms with Crippen LogP contribution in [0.5, 0.6) is 5.75 Å². The van der Waals surface area contributed by atoms with Crippen molar-refractivity contribution in [3.63, 3.8) is 0 Å². The molecule has 0 spiro atoms. The highest BCUT2D eigenvalue weighted by molar-refractivity contribution is 6.31. The number of hydrogen-bond acceptors (Lipinski definition) is 3. The van der Waals surface area contributed by atoms with E-state index in [1.54, 1.807) is 19.4 Å². The predicted molar refractivity (Wildman–Crippen MR) is 84.5 cm³/mol. The first-order valence-electron chi connectivity index (χ1n) is 6.72. The number of ether oxygens (including phenoxy) is 1. The number of carbonyl (C=O) groups is 1. The highest BCUT2D eigenvalue weighted by Crippen LogP contribution is 2.25. The van der Waals surface area contributed by atoms with Crippen molar-refractivity contribution in [3.05, 3.63) is 57.4 Å². The zero-order valence-corrected chi connectivity index (χ0v) is 13.4. The molecule has 0 unspecified atom stereocenters. The van der Waals surface area contributed by atoms with Crippen LogP contribution in [0.15, 0.2) is 24.4 Å². The molecule has 0 aliphatic carbocycles. The van der Waals surface area contributed by atoms with E-state index in [0.717, 1.165) is 28.1 Å². The van der Waals surface area contributed by atoms with E-state index in [1.165, 1.54) is 0 Å². The van der Waals surface area contributed by atoms with Gasteiger partial charge in [-0.2, -0.15) is 0 Å². The van der Waals surface area contributed by atoms with Gasteiger partial charge in [-0.3, -0.25) is 9.78 Å². The van der Waals surface area contributed by atoms with Crippen molar-refractivity contribution in [3.8, 4) is 5.75 Å². The van der Waals surface area contributed by atoms with Gasteiger partial charge >= 0.3 is 0 Å². The van der Waals surface area contributed by atoms with Gasteiger partial charge in [0.15, 0.2) is 5.78 Å². The molecule has 0 saturated heterocycles. The number of nitrogens with zero attached hydrogens (tertiary/aromatic N) is 1. The van der Waals surface area contributed by atoms with Gasteiger partial charge in [-0.1, -0.05) is 11.6 Å². The lowest BCUT2D eigenvalue weighted by Crippen LogP contribution is -2.08. The van der Waals surface area contributed by atoms with Crippen LogP contribution in [0.25, 0.3) is 0 Å². The molecule has 0 amide bonds. The number of benzene rings is 1. The number of rotatable bonds is 4. The zero-order chi connectivity index (χ0) is 15.6. The molecule has 21 heavy (non-hydrogen) atoms. The number of pyridine rings is 1. The van der Waals surface area contributed by atoms with Gasteiger partial charge in [0.25, 0.3) is 0 Å². The van der Waals surface area contributed by atoms with Gasteiger partial charge in [0.05, 0.1) is 19.2 Å². The van der Waals surface area contributed by atoms with E-state index in [-0.39, 0.29) is 12.2 Å². The Morgan fingerprint density at radius 2 is 1.95 bits per heavy atom. The van der Waals surface area contributed by atoms with Crippen molar-refractivity contribution in [1.82, 2.24) is 4.98 Å². The molecule has 0 N–H and O–H groups in total. The topological polar surface area (TPSA) is 39.2 Å². The number of methoxy groups -OCH3 is 1. The molecular formula is C17H18ClNO2. The maximum Gasteiger partial charge on any atom is 0.168 e. The predicted octanol–water partition coefficient (Wildman–Crippen LogP) is 4.09. The number of carbonyl (C=O) groups excluding carboxylic acids is 1. The van der Waals surface area contributed by atoms with Gasteiger partial charge in [0, 0.05) is 27.9 Å². The monoisotopic (exact) mass is 303 g/mol. The molecule has 4 heteroatoms. The third-order valence-corrected chi connectivity index (χ3v) is 3.66. The fourth-order valence-electron chi connectivity index (χ4n) is 2.40. The summed E-state index contributed by atoms with van der Waals surface area (Å²) < 4.78 is 5.37. The Hall–Kier alpha value is -1.87. The van der Waals surface area contributed by atoms with Crippen LogP contribution in [-0.2, 0) is 6.42 Å². The fourth-order valence-corrected chi connectivity index (χ4v) is 2.69. The third kappa shape index (κ3) is 3.42. The van der Waals surface area contributed by atoms with E-state index in [1.807, 2.05) is 32.9 Å². The number of aromatic nitrogens is 1. The van der Waals surface area contributed by atoms with Crippen LogP contribution >= 0.6 is 11.6 Å². The average Bonchev–Trinajstić information content (AvgIpc) is 2.41. The van der Waals surface area contributed by atoms with E-state index >= 15 is 0 Å². The number of aryl methyl sites for hydroxylation is 2. The van der Waals surface area contributed by atoms with Gasteiger partial charge < -0.3 is 4.74 Å². The summed E-state index contributed by atoms with van der Waals surface area (Å²) in [6, 6.07) is 5.36. The molecule has 0 bridgehead atoms. The SMILES string of the molecule is COc1c(C)cnc(CC(=O)c2cc(C)cc(Cl)c2)c1C. The average molecular weight is 304 g/mol. The van der Waals surface area contributed by atoms with Crippen molar-refractivity contribution in [2.75, 3.05) is 7.11 Å². The van der Waals surface area contributed by atoms with Gasteiger partial charge in [-0.05, 0) is 44.5 Å². The molecule has 0 atom stereocenters. The number of halogens is 1. The van der Waals surface area contributed by atoms with E-state index in [9.17, 15) is 4.79 Å². The lowest BCUT2D eigenvalue weighted by Gasteiger charge is -2.12. The number of ketones is 1. The molecule has 0 radical (unpaired) electrons. The lowest BCUT2D eigenvalue weighted by molar-refractivity contribution is 0.0991. The van der Waals surface area contributed by atoms with Crippen LogP contribution in [0.4, 0.5) is 0 Å². The van der Waals surface area contributed by atoms with E-state index in [2.05, 4.69) is 4.98 Å². The van der Waals surface area contributed by atoms with Crippen LogP contribution in [0, 0.1) is 20.8 Å².